The molecule has 0 aromatic heterocycles. The Bertz CT molecular complexity index is 285. The quantitative estimate of drug-likeness (QED) is 0.762. The van der Waals surface area contributed by atoms with E-state index in [0.29, 0.717) is 12.1 Å². The fourth-order valence-corrected chi connectivity index (χ4v) is 4.30. The highest BCUT2D eigenvalue weighted by Crippen LogP contribution is 2.25. The number of piperazine rings is 1. The molecule has 0 aromatic carbocycles. The molecule has 0 saturated carbocycles. The van der Waals surface area contributed by atoms with E-state index in [4.69, 9.17) is 0 Å². The standard InChI is InChI=1S/C13H26N2OS/c1-11-8-14-7-5-4-6-13(14)9-15(11)12(2)10-17(3)16/h11-13H,4-10H2,1-3H3. The van der Waals surface area contributed by atoms with E-state index in [0.717, 1.165) is 11.8 Å². The van der Waals surface area contributed by atoms with Crippen molar-refractivity contribution in [2.45, 2.75) is 51.2 Å². The van der Waals surface area contributed by atoms with Crippen molar-refractivity contribution in [2.75, 3.05) is 31.6 Å². The van der Waals surface area contributed by atoms with Crippen molar-refractivity contribution in [1.82, 2.24) is 9.80 Å². The van der Waals surface area contributed by atoms with Gasteiger partial charge < -0.3 is 0 Å². The predicted molar refractivity (Wildman–Crippen MR) is 73.8 cm³/mol. The van der Waals surface area contributed by atoms with Crippen LogP contribution in [0.3, 0.4) is 0 Å². The van der Waals surface area contributed by atoms with Crippen molar-refractivity contribution in [3.63, 3.8) is 0 Å². The third-order valence-corrected chi connectivity index (χ3v) is 5.23. The maximum absolute atomic E-state index is 11.4. The van der Waals surface area contributed by atoms with Crippen LogP contribution in [-0.2, 0) is 10.8 Å². The molecule has 17 heavy (non-hydrogen) atoms. The van der Waals surface area contributed by atoms with Crippen LogP contribution in [0.1, 0.15) is 33.1 Å². The van der Waals surface area contributed by atoms with E-state index < -0.39 is 10.8 Å². The molecule has 0 aliphatic carbocycles. The summed E-state index contributed by atoms with van der Waals surface area (Å²) in [5.74, 6) is 0.817. The van der Waals surface area contributed by atoms with Crippen molar-refractivity contribution < 1.29 is 4.21 Å². The first-order valence-electron chi connectivity index (χ1n) is 6.87. The van der Waals surface area contributed by atoms with Crippen LogP contribution >= 0.6 is 0 Å². The third kappa shape index (κ3) is 3.30. The molecule has 2 rings (SSSR count). The maximum Gasteiger partial charge on any atom is 0.0385 e. The molecule has 2 fully saturated rings. The van der Waals surface area contributed by atoms with Crippen LogP contribution in [0.15, 0.2) is 0 Å². The zero-order valence-electron chi connectivity index (χ0n) is 11.4. The Morgan fingerprint density at radius 1 is 1.35 bits per heavy atom. The minimum absolute atomic E-state index is 0.458. The van der Waals surface area contributed by atoms with Crippen molar-refractivity contribution in [1.29, 1.82) is 0 Å². The van der Waals surface area contributed by atoms with Gasteiger partial charge in [0.2, 0.25) is 0 Å². The predicted octanol–water partition coefficient (Wildman–Crippen LogP) is 1.31. The summed E-state index contributed by atoms with van der Waals surface area (Å²) in [6.07, 6.45) is 5.93. The SMILES string of the molecule is CC1CN2CCCCC2CN1C(C)CS(C)=O. The Kier molecular flexibility index (Phi) is 4.61. The highest BCUT2D eigenvalue weighted by molar-refractivity contribution is 7.84. The van der Waals surface area contributed by atoms with Crippen molar-refractivity contribution in [3.8, 4) is 0 Å². The topological polar surface area (TPSA) is 23.6 Å². The molecule has 0 N–H and O–H groups in total. The lowest BCUT2D eigenvalue weighted by atomic mass is 9.96. The van der Waals surface area contributed by atoms with Gasteiger partial charge in [0.1, 0.15) is 0 Å². The Morgan fingerprint density at radius 3 is 2.82 bits per heavy atom. The van der Waals surface area contributed by atoms with E-state index in [9.17, 15) is 4.21 Å². The molecule has 4 atom stereocenters. The lowest BCUT2D eigenvalue weighted by molar-refractivity contribution is 0.000569. The second-order valence-electron chi connectivity index (χ2n) is 5.78. The molecular weight excluding hydrogens is 232 g/mol. The summed E-state index contributed by atoms with van der Waals surface area (Å²) in [5, 5.41) is 0. The first-order valence-corrected chi connectivity index (χ1v) is 8.60. The van der Waals surface area contributed by atoms with Crippen molar-refractivity contribution in [2.24, 2.45) is 0 Å². The highest BCUT2D eigenvalue weighted by Gasteiger charge is 2.34. The zero-order chi connectivity index (χ0) is 12.4. The fourth-order valence-electron chi connectivity index (χ4n) is 3.42. The monoisotopic (exact) mass is 258 g/mol. The molecule has 0 amide bonds. The maximum atomic E-state index is 11.4. The zero-order valence-corrected chi connectivity index (χ0v) is 12.2. The number of nitrogens with zero attached hydrogens (tertiary/aromatic N) is 2. The highest BCUT2D eigenvalue weighted by atomic mass is 32.2. The summed E-state index contributed by atoms with van der Waals surface area (Å²) in [6.45, 7) is 8.22. The van der Waals surface area contributed by atoms with Gasteiger partial charge in [-0.2, -0.15) is 0 Å². The lowest BCUT2D eigenvalue weighted by Gasteiger charge is -2.49. The molecule has 4 unspecified atom stereocenters. The average molecular weight is 258 g/mol. The summed E-state index contributed by atoms with van der Waals surface area (Å²) in [4.78, 5) is 5.24. The van der Waals surface area contributed by atoms with Crippen LogP contribution < -0.4 is 0 Å². The molecule has 2 saturated heterocycles. The van der Waals surface area contributed by atoms with E-state index in [2.05, 4.69) is 23.6 Å². The van der Waals surface area contributed by atoms with Gasteiger partial charge in [-0.3, -0.25) is 14.0 Å². The molecule has 0 radical (unpaired) electrons. The number of fused-ring (bicyclic) bond motifs is 1. The van der Waals surface area contributed by atoms with Crippen LogP contribution in [0.4, 0.5) is 0 Å². The van der Waals surface area contributed by atoms with Crippen LogP contribution in [0.25, 0.3) is 0 Å². The number of hydrogen-bond donors (Lipinski definition) is 0. The summed E-state index contributed by atoms with van der Waals surface area (Å²) in [5.41, 5.74) is 0. The van der Waals surface area contributed by atoms with Gasteiger partial charge in [-0.05, 0) is 33.2 Å². The summed E-state index contributed by atoms with van der Waals surface area (Å²) < 4.78 is 11.4. The van der Waals surface area contributed by atoms with Crippen molar-refractivity contribution >= 4 is 10.8 Å². The Labute approximate surface area is 108 Å². The lowest BCUT2D eigenvalue weighted by Crippen LogP contribution is -2.61. The third-order valence-electron chi connectivity index (χ3n) is 4.28. The average Bonchev–Trinajstić information content (AvgIpc) is 2.27. The van der Waals surface area contributed by atoms with Crippen LogP contribution in [0.2, 0.25) is 0 Å². The fraction of sp³-hybridized carbons (Fsp3) is 1.00. The molecule has 2 aliphatic rings. The van der Waals surface area contributed by atoms with Gasteiger partial charge in [0, 0.05) is 54.0 Å². The van der Waals surface area contributed by atoms with E-state index in [-0.39, 0.29) is 0 Å². The van der Waals surface area contributed by atoms with Crippen LogP contribution in [0, 0.1) is 0 Å². The van der Waals surface area contributed by atoms with Gasteiger partial charge in [-0.25, -0.2) is 0 Å². The second kappa shape index (κ2) is 5.81. The van der Waals surface area contributed by atoms with Crippen molar-refractivity contribution in [3.05, 3.63) is 0 Å². The molecule has 0 aromatic rings. The van der Waals surface area contributed by atoms with E-state index >= 15 is 0 Å². The number of hydrogen-bond acceptors (Lipinski definition) is 3. The molecule has 2 heterocycles. The van der Waals surface area contributed by atoms with Crippen LogP contribution in [-0.4, -0.2) is 63.8 Å². The van der Waals surface area contributed by atoms with Gasteiger partial charge >= 0.3 is 0 Å². The Hall–Kier alpha value is 0.0700. The van der Waals surface area contributed by atoms with Gasteiger partial charge in [-0.15, -0.1) is 0 Å². The number of piperidine rings is 1. The van der Waals surface area contributed by atoms with Gasteiger partial charge in [0.05, 0.1) is 0 Å². The molecular formula is C13H26N2OS. The molecule has 4 heteroatoms. The van der Waals surface area contributed by atoms with E-state index in [1.165, 1.54) is 38.9 Å². The largest absolute Gasteiger partial charge is 0.298 e. The second-order valence-corrected chi connectivity index (χ2v) is 7.26. The molecule has 100 valence electrons. The molecule has 0 spiro atoms. The molecule has 2 aliphatic heterocycles. The summed E-state index contributed by atoms with van der Waals surface area (Å²) in [6, 6.07) is 1.83. The summed E-state index contributed by atoms with van der Waals surface area (Å²) >= 11 is 0. The summed E-state index contributed by atoms with van der Waals surface area (Å²) in [7, 11) is -0.677. The Morgan fingerprint density at radius 2 is 2.12 bits per heavy atom. The first-order chi connectivity index (χ1) is 8.08. The minimum atomic E-state index is -0.677. The van der Waals surface area contributed by atoms with Gasteiger partial charge in [0.25, 0.3) is 0 Å². The number of rotatable bonds is 3. The molecule has 0 bridgehead atoms. The Balaban J connectivity index is 1.96. The van der Waals surface area contributed by atoms with E-state index in [1.807, 2.05) is 6.26 Å². The first kappa shape index (κ1) is 13.5. The van der Waals surface area contributed by atoms with Crippen LogP contribution in [0.5, 0.6) is 0 Å². The smallest absolute Gasteiger partial charge is 0.0385 e. The van der Waals surface area contributed by atoms with E-state index in [1.54, 1.807) is 0 Å². The molecule has 3 nitrogen and oxygen atoms in total. The minimum Gasteiger partial charge on any atom is -0.298 e. The van der Waals surface area contributed by atoms with Gasteiger partial charge in [0.15, 0.2) is 0 Å². The normalized spacial score (nSPS) is 35.2. The van der Waals surface area contributed by atoms with Gasteiger partial charge in [-0.1, -0.05) is 6.42 Å².